The molecule has 0 spiro atoms. The molecule has 3 rings (SSSR count). The number of aromatic nitrogens is 1. The summed E-state index contributed by atoms with van der Waals surface area (Å²) in [6.45, 7) is -0.0720. The molecular formula is C17H12N2O2. The minimum Gasteiger partial charge on any atom is -0.480 e. The number of fused-ring (bicyclic) bond motifs is 3. The fourth-order valence-corrected chi connectivity index (χ4v) is 2.61. The van der Waals surface area contributed by atoms with E-state index in [-0.39, 0.29) is 6.54 Å². The molecule has 4 heteroatoms. The van der Waals surface area contributed by atoms with E-state index in [1.54, 1.807) is 10.6 Å². The maximum atomic E-state index is 11.1. The van der Waals surface area contributed by atoms with Crippen molar-refractivity contribution in [2.45, 2.75) is 6.54 Å². The van der Waals surface area contributed by atoms with Crippen LogP contribution in [0, 0.1) is 11.3 Å². The zero-order valence-electron chi connectivity index (χ0n) is 11.2. The molecule has 102 valence electrons. The van der Waals surface area contributed by atoms with Gasteiger partial charge in [0.2, 0.25) is 0 Å². The molecular weight excluding hydrogens is 264 g/mol. The molecule has 0 bridgehead atoms. The highest BCUT2D eigenvalue weighted by Gasteiger charge is 2.12. The first-order valence-electron chi connectivity index (χ1n) is 6.49. The number of nitriles is 1. The summed E-state index contributed by atoms with van der Waals surface area (Å²) >= 11 is 0. The van der Waals surface area contributed by atoms with Crippen molar-refractivity contribution in [3.63, 3.8) is 0 Å². The van der Waals surface area contributed by atoms with Gasteiger partial charge in [-0.3, -0.25) is 4.79 Å². The third-order valence-corrected chi connectivity index (χ3v) is 3.44. The molecule has 0 fully saturated rings. The van der Waals surface area contributed by atoms with Crippen LogP contribution in [0.2, 0.25) is 0 Å². The average Bonchev–Trinajstić information content (AvgIpc) is 2.79. The zero-order chi connectivity index (χ0) is 14.8. The van der Waals surface area contributed by atoms with Gasteiger partial charge in [-0.15, -0.1) is 0 Å². The number of nitrogens with zero attached hydrogens (tertiary/aromatic N) is 2. The van der Waals surface area contributed by atoms with E-state index >= 15 is 0 Å². The number of carboxylic acids is 1. The molecule has 1 aromatic heterocycles. The number of rotatable bonds is 3. The fraction of sp³-hybridized carbons (Fsp3) is 0.0588. The molecule has 0 aliphatic rings. The molecule has 21 heavy (non-hydrogen) atoms. The second-order valence-corrected chi connectivity index (χ2v) is 4.74. The first kappa shape index (κ1) is 12.9. The third kappa shape index (κ3) is 2.26. The maximum Gasteiger partial charge on any atom is 0.323 e. The Labute approximate surface area is 121 Å². The van der Waals surface area contributed by atoms with Crippen LogP contribution in [0.15, 0.2) is 48.5 Å². The van der Waals surface area contributed by atoms with Gasteiger partial charge in [-0.05, 0) is 29.8 Å². The van der Waals surface area contributed by atoms with Gasteiger partial charge in [-0.25, -0.2) is 0 Å². The van der Waals surface area contributed by atoms with Crippen LogP contribution in [0.4, 0.5) is 0 Å². The Hall–Kier alpha value is -3.06. The summed E-state index contributed by atoms with van der Waals surface area (Å²) in [6.07, 6.45) is 3.17. The normalized spacial score (nSPS) is 11.2. The predicted octanol–water partition coefficient (Wildman–Crippen LogP) is 3.42. The standard InChI is InChI=1S/C17H12N2O2/c18-9-3-4-12-7-8-16-14(10-12)13-5-1-2-6-15(13)19(16)11-17(20)21/h1-8,10H,11H2,(H,20,21)/b4-3-. The quantitative estimate of drug-likeness (QED) is 0.745. The van der Waals surface area contributed by atoms with Crippen LogP contribution in [-0.2, 0) is 11.3 Å². The summed E-state index contributed by atoms with van der Waals surface area (Å²) in [5, 5.41) is 19.7. The van der Waals surface area contributed by atoms with Gasteiger partial charge in [0.25, 0.3) is 0 Å². The van der Waals surface area contributed by atoms with E-state index in [2.05, 4.69) is 0 Å². The van der Waals surface area contributed by atoms with Gasteiger partial charge in [0.05, 0.1) is 6.07 Å². The van der Waals surface area contributed by atoms with E-state index in [1.807, 2.05) is 48.5 Å². The van der Waals surface area contributed by atoms with E-state index in [0.717, 1.165) is 27.4 Å². The highest BCUT2D eigenvalue weighted by Crippen LogP contribution is 2.29. The van der Waals surface area contributed by atoms with Crippen molar-refractivity contribution in [2.75, 3.05) is 0 Å². The molecule has 1 N–H and O–H groups in total. The van der Waals surface area contributed by atoms with Crippen molar-refractivity contribution in [2.24, 2.45) is 0 Å². The summed E-state index contributed by atoms with van der Waals surface area (Å²) in [4.78, 5) is 11.1. The molecule has 0 aliphatic carbocycles. The molecule has 0 aliphatic heterocycles. The molecule has 3 aromatic rings. The monoisotopic (exact) mass is 276 g/mol. The smallest absolute Gasteiger partial charge is 0.323 e. The molecule has 2 aromatic carbocycles. The lowest BCUT2D eigenvalue weighted by atomic mass is 10.1. The van der Waals surface area contributed by atoms with E-state index in [1.165, 1.54) is 6.08 Å². The van der Waals surface area contributed by atoms with Gasteiger partial charge in [-0.2, -0.15) is 5.26 Å². The summed E-state index contributed by atoms with van der Waals surface area (Å²) < 4.78 is 1.80. The number of para-hydroxylation sites is 1. The molecule has 0 saturated carbocycles. The first-order valence-corrected chi connectivity index (χ1v) is 6.49. The van der Waals surface area contributed by atoms with Crippen LogP contribution in [0.25, 0.3) is 27.9 Å². The second-order valence-electron chi connectivity index (χ2n) is 4.74. The topological polar surface area (TPSA) is 66.0 Å². The van der Waals surface area contributed by atoms with Crippen molar-refractivity contribution in [1.29, 1.82) is 5.26 Å². The Morgan fingerprint density at radius 2 is 1.95 bits per heavy atom. The van der Waals surface area contributed by atoms with Crippen molar-refractivity contribution in [3.05, 3.63) is 54.1 Å². The van der Waals surface area contributed by atoms with Crippen LogP contribution >= 0.6 is 0 Å². The van der Waals surface area contributed by atoms with Crippen molar-refractivity contribution in [1.82, 2.24) is 4.57 Å². The van der Waals surface area contributed by atoms with Crippen molar-refractivity contribution < 1.29 is 9.90 Å². The van der Waals surface area contributed by atoms with Crippen LogP contribution < -0.4 is 0 Å². The van der Waals surface area contributed by atoms with Crippen LogP contribution in [0.1, 0.15) is 5.56 Å². The first-order chi connectivity index (χ1) is 10.2. The molecule has 1 heterocycles. The van der Waals surface area contributed by atoms with Crippen molar-refractivity contribution >= 4 is 33.9 Å². The Morgan fingerprint density at radius 3 is 2.71 bits per heavy atom. The van der Waals surface area contributed by atoms with E-state index in [4.69, 9.17) is 10.4 Å². The maximum absolute atomic E-state index is 11.1. The predicted molar refractivity (Wildman–Crippen MR) is 81.7 cm³/mol. The fourth-order valence-electron chi connectivity index (χ4n) is 2.61. The minimum atomic E-state index is -0.869. The molecule has 0 amide bonds. The van der Waals surface area contributed by atoms with E-state index in [9.17, 15) is 4.79 Å². The van der Waals surface area contributed by atoms with Gasteiger partial charge in [0, 0.05) is 27.9 Å². The number of carbonyl (C=O) groups is 1. The zero-order valence-corrected chi connectivity index (χ0v) is 11.2. The number of aliphatic carboxylic acids is 1. The summed E-state index contributed by atoms with van der Waals surface area (Å²) in [5.41, 5.74) is 2.70. The number of hydrogen-bond donors (Lipinski definition) is 1. The molecule has 0 unspecified atom stereocenters. The van der Waals surface area contributed by atoms with Gasteiger partial charge in [0.15, 0.2) is 0 Å². The summed E-state index contributed by atoms with van der Waals surface area (Å²) in [6, 6.07) is 15.5. The number of carboxylic acid groups (broad SMARTS) is 1. The van der Waals surface area contributed by atoms with Crippen LogP contribution in [0.3, 0.4) is 0 Å². The SMILES string of the molecule is N#C/C=C\c1ccc2c(c1)c1ccccc1n2CC(=O)O. The van der Waals surface area contributed by atoms with Crippen molar-refractivity contribution in [3.8, 4) is 6.07 Å². The van der Waals surface area contributed by atoms with E-state index in [0.29, 0.717) is 0 Å². The highest BCUT2D eigenvalue weighted by atomic mass is 16.4. The Kier molecular flexibility index (Phi) is 3.17. The number of benzene rings is 2. The molecule has 4 nitrogen and oxygen atoms in total. The van der Waals surface area contributed by atoms with Crippen LogP contribution in [-0.4, -0.2) is 15.6 Å². The summed E-state index contributed by atoms with van der Waals surface area (Å²) in [7, 11) is 0. The Bertz CT molecular complexity index is 914. The average molecular weight is 276 g/mol. The highest BCUT2D eigenvalue weighted by molar-refractivity contribution is 6.09. The summed E-state index contributed by atoms with van der Waals surface area (Å²) in [5.74, 6) is -0.869. The van der Waals surface area contributed by atoms with Gasteiger partial charge in [-0.1, -0.05) is 24.3 Å². The number of allylic oxidation sites excluding steroid dienone is 1. The third-order valence-electron chi connectivity index (χ3n) is 3.44. The molecule has 0 saturated heterocycles. The van der Waals surface area contributed by atoms with Gasteiger partial charge >= 0.3 is 5.97 Å². The Balaban J connectivity index is 2.32. The lowest BCUT2D eigenvalue weighted by Crippen LogP contribution is -2.08. The lowest BCUT2D eigenvalue weighted by molar-refractivity contribution is -0.137. The largest absolute Gasteiger partial charge is 0.480 e. The molecule has 0 atom stereocenters. The lowest BCUT2D eigenvalue weighted by Gasteiger charge is -2.03. The number of hydrogen-bond acceptors (Lipinski definition) is 2. The minimum absolute atomic E-state index is 0.0720. The van der Waals surface area contributed by atoms with Gasteiger partial charge in [0.1, 0.15) is 6.54 Å². The van der Waals surface area contributed by atoms with Gasteiger partial charge < -0.3 is 9.67 Å². The van der Waals surface area contributed by atoms with Crippen LogP contribution in [0.5, 0.6) is 0 Å². The Morgan fingerprint density at radius 1 is 1.19 bits per heavy atom. The molecule has 0 radical (unpaired) electrons. The van der Waals surface area contributed by atoms with E-state index < -0.39 is 5.97 Å². The second kappa shape index (κ2) is 5.14.